The third kappa shape index (κ3) is 5.80. The molecule has 4 rings (SSSR count). The Labute approximate surface area is 232 Å². The Morgan fingerprint density at radius 1 is 0.842 bits per heavy atom. The van der Waals surface area contributed by atoms with Gasteiger partial charge in [-0.05, 0) is 73.5 Å². The summed E-state index contributed by atoms with van der Waals surface area (Å²) in [5.74, 6) is -1.18. The van der Waals surface area contributed by atoms with E-state index < -0.39 is 53.5 Å². The first-order chi connectivity index (χ1) is 17.6. The standard InChI is InChI=1S/C24H24Cl2N2O7S3/c1-15-3-5-17(25)11-23(15)37(32,33)27-19-7-9-20(10-8-19)28(21-13-36(30,31)14-22(21)29)38(34,35)24-12-18(26)6-4-16(24)2/h3-12,21-22,27,29H,13-14H2,1-2H3/t21-,22-/m1/s1. The number of hydrogen-bond acceptors (Lipinski definition) is 7. The second kappa shape index (κ2) is 10.3. The highest BCUT2D eigenvalue weighted by Crippen LogP contribution is 2.34. The minimum absolute atomic E-state index is 0.0194. The first-order valence-electron chi connectivity index (χ1n) is 11.2. The van der Waals surface area contributed by atoms with Crippen molar-refractivity contribution >= 4 is 64.5 Å². The van der Waals surface area contributed by atoms with E-state index in [0.717, 1.165) is 4.31 Å². The summed E-state index contributed by atoms with van der Waals surface area (Å²) in [6.45, 7) is 3.19. The van der Waals surface area contributed by atoms with E-state index in [-0.39, 0.29) is 31.2 Å². The summed E-state index contributed by atoms with van der Waals surface area (Å²) in [6, 6.07) is 12.8. The van der Waals surface area contributed by atoms with E-state index >= 15 is 0 Å². The maximum absolute atomic E-state index is 13.9. The topological polar surface area (TPSA) is 138 Å². The molecule has 0 unspecified atom stereocenters. The van der Waals surface area contributed by atoms with Crippen LogP contribution in [0, 0.1) is 13.8 Å². The van der Waals surface area contributed by atoms with Crippen LogP contribution >= 0.6 is 23.2 Å². The number of sulfonamides is 2. The fraction of sp³-hybridized carbons (Fsp3) is 0.250. The van der Waals surface area contributed by atoms with Gasteiger partial charge in [0.1, 0.15) is 0 Å². The molecule has 0 saturated carbocycles. The molecule has 3 aromatic carbocycles. The molecule has 1 aliphatic heterocycles. The fourth-order valence-electron chi connectivity index (χ4n) is 4.25. The molecule has 1 fully saturated rings. The molecule has 0 radical (unpaired) electrons. The molecule has 2 N–H and O–H groups in total. The van der Waals surface area contributed by atoms with E-state index in [0.29, 0.717) is 11.1 Å². The molecule has 204 valence electrons. The van der Waals surface area contributed by atoms with Crippen LogP contribution in [0.2, 0.25) is 10.0 Å². The van der Waals surface area contributed by atoms with Gasteiger partial charge < -0.3 is 5.11 Å². The van der Waals surface area contributed by atoms with Gasteiger partial charge in [0.15, 0.2) is 9.84 Å². The van der Waals surface area contributed by atoms with Crippen LogP contribution in [0.5, 0.6) is 0 Å². The third-order valence-electron chi connectivity index (χ3n) is 6.10. The number of aliphatic hydroxyl groups excluding tert-OH is 1. The number of nitrogens with one attached hydrogen (secondary N) is 1. The Kier molecular flexibility index (Phi) is 7.78. The number of aryl methyl sites for hydroxylation is 2. The van der Waals surface area contributed by atoms with Crippen molar-refractivity contribution in [3.05, 3.63) is 81.8 Å². The van der Waals surface area contributed by atoms with Gasteiger partial charge in [0.05, 0.1) is 39.1 Å². The van der Waals surface area contributed by atoms with Gasteiger partial charge in [0.2, 0.25) is 0 Å². The highest BCUT2D eigenvalue weighted by molar-refractivity contribution is 7.93. The van der Waals surface area contributed by atoms with Crippen molar-refractivity contribution in [3.63, 3.8) is 0 Å². The number of sulfone groups is 1. The second-order valence-electron chi connectivity index (χ2n) is 8.98. The lowest BCUT2D eigenvalue weighted by Gasteiger charge is -2.32. The first kappa shape index (κ1) is 28.7. The van der Waals surface area contributed by atoms with Crippen molar-refractivity contribution in [1.82, 2.24) is 0 Å². The van der Waals surface area contributed by atoms with Crippen LogP contribution in [0.25, 0.3) is 0 Å². The van der Waals surface area contributed by atoms with E-state index in [2.05, 4.69) is 4.72 Å². The molecule has 9 nitrogen and oxygen atoms in total. The molecule has 1 aliphatic rings. The van der Waals surface area contributed by atoms with Gasteiger partial charge in [0.25, 0.3) is 20.0 Å². The quantitative estimate of drug-likeness (QED) is 0.411. The Balaban J connectivity index is 1.76. The van der Waals surface area contributed by atoms with Crippen molar-refractivity contribution in [3.8, 4) is 0 Å². The van der Waals surface area contributed by atoms with E-state index in [9.17, 15) is 30.4 Å². The summed E-state index contributed by atoms with van der Waals surface area (Å²) in [5.41, 5.74) is 1.01. The van der Waals surface area contributed by atoms with Gasteiger partial charge >= 0.3 is 0 Å². The smallest absolute Gasteiger partial charge is 0.265 e. The average Bonchev–Trinajstić information content (AvgIpc) is 3.09. The van der Waals surface area contributed by atoms with Gasteiger partial charge in [-0.3, -0.25) is 9.03 Å². The molecule has 0 spiro atoms. The van der Waals surface area contributed by atoms with Crippen LogP contribution in [0.15, 0.2) is 70.5 Å². The maximum Gasteiger partial charge on any atom is 0.265 e. The Morgan fingerprint density at radius 2 is 1.37 bits per heavy atom. The van der Waals surface area contributed by atoms with E-state index in [1.807, 2.05) is 0 Å². The zero-order chi connectivity index (χ0) is 28.0. The highest BCUT2D eigenvalue weighted by atomic mass is 35.5. The summed E-state index contributed by atoms with van der Waals surface area (Å²) in [4.78, 5) is -0.170. The minimum atomic E-state index is -4.40. The van der Waals surface area contributed by atoms with Crippen molar-refractivity contribution in [1.29, 1.82) is 0 Å². The van der Waals surface area contributed by atoms with Gasteiger partial charge in [-0.2, -0.15) is 0 Å². The molecule has 14 heteroatoms. The monoisotopic (exact) mass is 618 g/mol. The normalized spacial score (nSPS) is 19.3. The van der Waals surface area contributed by atoms with Gasteiger partial charge in [-0.15, -0.1) is 0 Å². The average molecular weight is 620 g/mol. The van der Waals surface area contributed by atoms with Crippen molar-refractivity contribution in [2.45, 2.75) is 35.8 Å². The largest absolute Gasteiger partial charge is 0.390 e. The van der Waals surface area contributed by atoms with Crippen LogP contribution in [0.1, 0.15) is 11.1 Å². The molecule has 38 heavy (non-hydrogen) atoms. The number of aliphatic hydroxyl groups is 1. The summed E-state index contributed by atoms with van der Waals surface area (Å²) >= 11 is 12.0. The predicted molar refractivity (Wildman–Crippen MR) is 148 cm³/mol. The van der Waals surface area contributed by atoms with Crippen LogP contribution in [-0.4, -0.2) is 54.0 Å². The summed E-state index contributed by atoms with van der Waals surface area (Å²) in [7, 11) is -12.1. The van der Waals surface area contributed by atoms with Crippen LogP contribution < -0.4 is 9.03 Å². The third-order valence-corrected chi connectivity index (χ3v) is 11.8. The molecular formula is C24H24Cl2N2O7S3. The van der Waals surface area contributed by atoms with Gasteiger partial charge in [-0.25, -0.2) is 25.3 Å². The van der Waals surface area contributed by atoms with Crippen LogP contribution in [0.3, 0.4) is 0 Å². The number of benzene rings is 3. The van der Waals surface area contributed by atoms with Crippen molar-refractivity contribution in [2.75, 3.05) is 20.5 Å². The van der Waals surface area contributed by atoms with E-state index in [4.69, 9.17) is 23.2 Å². The van der Waals surface area contributed by atoms with E-state index in [1.54, 1.807) is 26.0 Å². The zero-order valence-electron chi connectivity index (χ0n) is 20.2. The molecule has 3 aromatic rings. The second-order valence-corrected chi connectivity index (χ2v) is 15.4. The molecule has 2 atom stereocenters. The lowest BCUT2D eigenvalue weighted by Crippen LogP contribution is -2.47. The lowest BCUT2D eigenvalue weighted by molar-refractivity contribution is 0.184. The Morgan fingerprint density at radius 3 is 1.89 bits per heavy atom. The number of rotatable bonds is 7. The number of hydrogen-bond donors (Lipinski definition) is 2. The summed E-state index contributed by atoms with van der Waals surface area (Å²) in [5, 5.41) is 11.0. The number of halogens is 2. The SMILES string of the molecule is Cc1ccc(Cl)cc1S(=O)(=O)Nc1ccc(N([C@@H]2CS(=O)(=O)C[C@H]2O)S(=O)(=O)c2cc(Cl)ccc2C)cc1. The minimum Gasteiger partial charge on any atom is -0.390 e. The molecule has 0 aliphatic carbocycles. The summed E-state index contributed by atoms with van der Waals surface area (Å²) < 4.78 is 81.4. The van der Waals surface area contributed by atoms with Gasteiger partial charge in [0, 0.05) is 15.7 Å². The fourth-order valence-corrected chi connectivity index (χ4v) is 9.85. The maximum atomic E-state index is 13.9. The van der Waals surface area contributed by atoms with Crippen molar-refractivity contribution in [2.24, 2.45) is 0 Å². The molecule has 0 aromatic heterocycles. The Hall–Kier alpha value is -2.35. The van der Waals surface area contributed by atoms with Crippen LogP contribution in [-0.2, 0) is 29.9 Å². The molecule has 1 saturated heterocycles. The summed E-state index contributed by atoms with van der Waals surface area (Å²) in [6.07, 6.45) is -1.47. The van der Waals surface area contributed by atoms with E-state index in [1.165, 1.54) is 48.5 Å². The van der Waals surface area contributed by atoms with Gasteiger partial charge in [-0.1, -0.05) is 35.3 Å². The number of anilines is 2. The van der Waals surface area contributed by atoms with Crippen molar-refractivity contribution < 1.29 is 30.4 Å². The number of nitrogens with zero attached hydrogens (tertiary/aromatic N) is 1. The van der Waals surface area contributed by atoms with Crippen LogP contribution in [0.4, 0.5) is 11.4 Å². The lowest BCUT2D eigenvalue weighted by atomic mass is 10.2. The first-order valence-corrected chi connectivity index (χ1v) is 16.7. The zero-order valence-corrected chi connectivity index (χ0v) is 24.1. The molecule has 1 heterocycles. The highest BCUT2D eigenvalue weighted by Gasteiger charge is 2.45. The molecular weight excluding hydrogens is 595 g/mol. The molecule has 0 amide bonds. The predicted octanol–water partition coefficient (Wildman–Crippen LogP) is 3.76. The molecule has 0 bridgehead atoms. The Bertz CT molecular complexity index is 1710.